The first-order valence-electron chi connectivity index (χ1n) is 9.30. The quantitative estimate of drug-likeness (QED) is 0.416. The molecule has 0 spiro atoms. The van der Waals surface area contributed by atoms with E-state index < -0.39 is 5.97 Å². The zero-order valence-electron chi connectivity index (χ0n) is 15.7. The van der Waals surface area contributed by atoms with Crippen molar-refractivity contribution in [1.29, 1.82) is 0 Å². The highest BCUT2D eigenvalue weighted by Gasteiger charge is 2.32. The van der Waals surface area contributed by atoms with Crippen molar-refractivity contribution in [3.63, 3.8) is 0 Å². The second kappa shape index (κ2) is 5.96. The summed E-state index contributed by atoms with van der Waals surface area (Å²) in [6.45, 7) is 9.94. The average Bonchev–Trinajstić information content (AvgIpc) is 3.28. The van der Waals surface area contributed by atoms with Gasteiger partial charge in [-0.3, -0.25) is 4.68 Å². The smallest absolute Gasteiger partial charge is 0.328 e. The first-order chi connectivity index (χ1) is 13.7. The summed E-state index contributed by atoms with van der Waals surface area (Å²) in [6, 6.07) is 7.90. The second-order valence-corrected chi connectivity index (χ2v) is 6.96. The molecule has 0 aliphatic heterocycles. The molecule has 2 heterocycles. The van der Waals surface area contributed by atoms with Gasteiger partial charge in [0.15, 0.2) is 0 Å². The number of aryl methyl sites for hydroxylation is 2. The lowest BCUT2D eigenvalue weighted by Crippen LogP contribution is -2.14. The number of carbonyl (C=O) groups excluding carboxylic acids is 1. The molecule has 138 valence electrons. The number of benzene rings is 2. The largest absolute Gasteiger partial charge is 0.463 e. The number of hydrogen-bond acceptors (Lipinski definition) is 3. The second-order valence-electron chi connectivity index (χ2n) is 6.96. The van der Waals surface area contributed by atoms with Crippen LogP contribution in [0, 0.1) is 6.57 Å². The molecule has 6 heteroatoms. The number of esters is 1. The lowest BCUT2D eigenvalue weighted by atomic mass is 9.83. The Morgan fingerprint density at radius 3 is 2.96 bits per heavy atom. The van der Waals surface area contributed by atoms with Gasteiger partial charge in [-0.25, -0.2) is 9.64 Å². The molecule has 0 radical (unpaired) electrons. The molecule has 0 unspecified atom stereocenters. The predicted octanol–water partition coefficient (Wildman–Crippen LogP) is 4.55. The van der Waals surface area contributed by atoms with Crippen LogP contribution in [0.4, 0.5) is 5.69 Å². The molecule has 0 fully saturated rings. The van der Waals surface area contributed by atoms with Crippen LogP contribution in [0.25, 0.3) is 37.8 Å². The van der Waals surface area contributed by atoms with E-state index >= 15 is 0 Å². The van der Waals surface area contributed by atoms with E-state index in [4.69, 9.17) is 11.3 Å². The van der Waals surface area contributed by atoms with Gasteiger partial charge in [0, 0.05) is 34.7 Å². The minimum Gasteiger partial charge on any atom is -0.463 e. The number of para-hydroxylation sites is 1. The Hall–Kier alpha value is -3.59. The Balaban J connectivity index is 2.01. The van der Waals surface area contributed by atoms with Gasteiger partial charge in [0.2, 0.25) is 5.69 Å². The number of rotatable bonds is 2. The van der Waals surface area contributed by atoms with Crippen LogP contribution < -0.4 is 0 Å². The highest BCUT2D eigenvalue weighted by Crippen LogP contribution is 2.47. The van der Waals surface area contributed by atoms with Gasteiger partial charge in [0.25, 0.3) is 0 Å². The summed E-state index contributed by atoms with van der Waals surface area (Å²) in [6.07, 6.45) is 3.40. The number of nitrogens with one attached hydrogen (secondary N) is 1. The first-order valence-corrected chi connectivity index (χ1v) is 9.30. The monoisotopic (exact) mass is 370 g/mol. The van der Waals surface area contributed by atoms with Crippen molar-refractivity contribution in [3.05, 3.63) is 58.7 Å². The number of hydrogen-bond donors (Lipinski definition) is 1. The molecule has 4 aromatic rings. The third kappa shape index (κ3) is 2.07. The van der Waals surface area contributed by atoms with Crippen molar-refractivity contribution >= 4 is 33.5 Å². The van der Waals surface area contributed by atoms with Crippen LogP contribution in [0.3, 0.4) is 0 Å². The fourth-order valence-corrected chi connectivity index (χ4v) is 4.41. The molecule has 6 nitrogen and oxygen atoms in total. The fraction of sp³-hybridized carbons (Fsp3) is 0.227. The molecule has 1 aliphatic carbocycles. The number of aromatic amines is 1. The predicted molar refractivity (Wildman–Crippen MR) is 108 cm³/mol. The molecule has 0 atom stereocenters. The lowest BCUT2D eigenvalue weighted by molar-refractivity contribution is 0.0528. The molecule has 28 heavy (non-hydrogen) atoms. The van der Waals surface area contributed by atoms with Crippen LogP contribution in [-0.4, -0.2) is 27.3 Å². The number of nitrogens with zero attached hydrogens (tertiary/aromatic N) is 3. The molecule has 5 rings (SSSR count). The van der Waals surface area contributed by atoms with Crippen molar-refractivity contribution in [3.8, 4) is 11.1 Å². The number of aromatic nitrogens is 3. The standard InChI is InChI=1S/C22H18N4O2/c1-4-28-22(27)19-17-13(9-10-16-14(17)11-24-26(16)3)20-18(21(19)23-2)12-7-5-6-8-15(12)25-20/h5-8,11,25H,4,9-10H2,1,3H3. The number of fused-ring (bicyclic) bond motifs is 7. The lowest BCUT2D eigenvalue weighted by Gasteiger charge is -2.22. The molecule has 0 amide bonds. The van der Waals surface area contributed by atoms with Gasteiger partial charge in [0.05, 0.1) is 24.9 Å². The number of H-pyrrole nitrogens is 1. The molecule has 0 bridgehead atoms. The Morgan fingerprint density at radius 2 is 2.18 bits per heavy atom. The summed E-state index contributed by atoms with van der Waals surface area (Å²) in [7, 11) is 1.91. The van der Waals surface area contributed by atoms with E-state index in [2.05, 4.69) is 14.9 Å². The van der Waals surface area contributed by atoms with Gasteiger partial charge >= 0.3 is 5.97 Å². The van der Waals surface area contributed by atoms with Crippen molar-refractivity contribution in [2.75, 3.05) is 6.61 Å². The highest BCUT2D eigenvalue weighted by molar-refractivity contribution is 6.22. The molecule has 1 N–H and O–H groups in total. The first kappa shape index (κ1) is 16.6. The van der Waals surface area contributed by atoms with E-state index in [1.54, 1.807) is 13.1 Å². The van der Waals surface area contributed by atoms with Crippen LogP contribution in [0.1, 0.15) is 28.5 Å². The van der Waals surface area contributed by atoms with Gasteiger partial charge < -0.3 is 9.72 Å². The molecule has 0 saturated carbocycles. The molecule has 1 aliphatic rings. The van der Waals surface area contributed by atoms with Crippen LogP contribution in [0.2, 0.25) is 0 Å². The molecular formula is C22H18N4O2. The zero-order valence-corrected chi connectivity index (χ0v) is 15.7. The molecule has 2 aromatic carbocycles. The molecule has 2 aromatic heterocycles. The summed E-state index contributed by atoms with van der Waals surface area (Å²) in [5.74, 6) is -0.450. The van der Waals surface area contributed by atoms with Crippen molar-refractivity contribution in [2.24, 2.45) is 7.05 Å². The van der Waals surface area contributed by atoms with Crippen LogP contribution in [0.5, 0.6) is 0 Å². The van der Waals surface area contributed by atoms with E-state index in [0.717, 1.165) is 57.0 Å². The minimum absolute atomic E-state index is 0.261. The van der Waals surface area contributed by atoms with Crippen molar-refractivity contribution < 1.29 is 9.53 Å². The Bertz CT molecular complexity index is 1320. The Morgan fingerprint density at radius 1 is 1.36 bits per heavy atom. The SMILES string of the molecule is [C-]#[N+]c1c(C(=O)OCC)c2c(c3[nH]c4ccccc4c13)CCc1c-2cnn1C. The van der Waals surface area contributed by atoms with Gasteiger partial charge in [0.1, 0.15) is 0 Å². The van der Waals surface area contributed by atoms with Gasteiger partial charge in [-0.1, -0.05) is 18.2 Å². The van der Waals surface area contributed by atoms with E-state index in [1.165, 1.54) is 0 Å². The fourth-order valence-electron chi connectivity index (χ4n) is 4.41. The van der Waals surface area contributed by atoms with Gasteiger partial charge in [-0.05, 0) is 42.3 Å². The van der Waals surface area contributed by atoms with Gasteiger partial charge in [-0.15, -0.1) is 0 Å². The summed E-state index contributed by atoms with van der Waals surface area (Å²) in [5, 5.41) is 6.16. The summed E-state index contributed by atoms with van der Waals surface area (Å²) >= 11 is 0. The van der Waals surface area contributed by atoms with E-state index in [-0.39, 0.29) is 6.61 Å². The average molecular weight is 370 g/mol. The Kier molecular flexibility index (Phi) is 3.53. The van der Waals surface area contributed by atoms with E-state index in [0.29, 0.717) is 11.3 Å². The highest BCUT2D eigenvalue weighted by atomic mass is 16.5. The third-order valence-corrected chi connectivity index (χ3v) is 5.57. The molecule has 0 saturated heterocycles. The summed E-state index contributed by atoms with van der Waals surface area (Å²) in [5.41, 5.74) is 6.44. The van der Waals surface area contributed by atoms with E-state index in [1.807, 2.05) is 36.0 Å². The maximum atomic E-state index is 13.0. The maximum absolute atomic E-state index is 13.0. The molecular weight excluding hydrogens is 352 g/mol. The number of ether oxygens (including phenoxy) is 1. The van der Waals surface area contributed by atoms with Crippen LogP contribution >= 0.6 is 0 Å². The topological polar surface area (TPSA) is 64.3 Å². The summed E-state index contributed by atoms with van der Waals surface area (Å²) in [4.78, 5) is 20.3. The minimum atomic E-state index is -0.450. The van der Waals surface area contributed by atoms with Crippen molar-refractivity contribution in [1.82, 2.24) is 14.8 Å². The van der Waals surface area contributed by atoms with E-state index in [9.17, 15) is 4.79 Å². The van der Waals surface area contributed by atoms with Gasteiger partial charge in [-0.2, -0.15) is 5.10 Å². The maximum Gasteiger partial charge on any atom is 0.328 e. The zero-order chi connectivity index (χ0) is 19.4. The number of carbonyl (C=O) groups is 1. The van der Waals surface area contributed by atoms with Crippen LogP contribution in [-0.2, 0) is 24.6 Å². The van der Waals surface area contributed by atoms with Crippen molar-refractivity contribution in [2.45, 2.75) is 19.8 Å². The summed E-state index contributed by atoms with van der Waals surface area (Å²) < 4.78 is 7.22. The Labute approximate surface area is 161 Å². The van der Waals surface area contributed by atoms with Crippen LogP contribution in [0.15, 0.2) is 30.5 Å². The normalized spacial score (nSPS) is 12.6. The third-order valence-electron chi connectivity index (χ3n) is 5.57.